The number of methoxy groups -OCH3 is 1. The molecule has 0 aliphatic rings. The van der Waals surface area contributed by atoms with Crippen LogP contribution in [0.15, 0.2) is 77.5 Å². The summed E-state index contributed by atoms with van der Waals surface area (Å²) in [5.74, 6) is -0.380. The van der Waals surface area contributed by atoms with Crippen LogP contribution in [0.25, 0.3) is 9.88 Å². The Kier molecular flexibility index (Phi) is 9.94. The van der Waals surface area contributed by atoms with Gasteiger partial charge in [0, 0.05) is 17.5 Å². The Labute approximate surface area is 246 Å². The number of hydrogen-bond acceptors (Lipinski definition) is 8. The van der Waals surface area contributed by atoms with Crippen molar-refractivity contribution in [1.82, 2.24) is 15.6 Å². The molecule has 13 heteroatoms. The predicted octanol–water partition coefficient (Wildman–Crippen LogP) is 5.33. The average molecular weight is 697 g/mol. The van der Waals surface area contributed by atoms with Crippen LogP contribution in [0.4, 0.5) is 10.5 Å². The number of thiophene rings is 1. The molecule has 2 aromatic heterocycles. The van der Waals surface area contributed by atoms with E-state index in [0.29, 0.717) is 17.8 Å². The zero-order valence-electron chi connectivity index (χ0n) is 20.7. The minimum Gasteiger partial charge on any atom is -0.453 e. The smallest absolute Gasteiger partial charge is 0.407 e. The van der Waals surface area contributed by atoms with Crippen LogP contribution in [0.5, 0.6) is 0 Å². The van der Waals surface area contributed by atoms with Crippen molar-refractivity contribution in [2.24, 2.45) is 0 Å². The third kappa shape index (κ3) is 8.74. The SMILES string of the molecule is COC(=O)NC(Cc1ccccc1)C(=O)NC(Cc1ccc(NS(=O)(=O)I)cc1)c1csc(-c2cccs2)n1. The molecule has 0 saturated carbocycles. The monoisotopic (exact) mass is 696 g/mol. The Bertz CT molecular complexity index is 1490. The number of aromatic nitrogens is 1. The molecule has 39 heavy (non-hydrogen) atoms. The molecule has 204 valence electrons. The molecule has 4 rings (SSSR count). The quantitative estimate of drug-likeness (QED) is 0.144. The molecular formula is C26H25IN4O5S3. The third-order valence-electron chi connectivity index (χ3n) is 5.64. The maximum absolute atomic E-state index is 13.5. The number of amides is 2. The summed E-state index contributed by atoms with van der Waals surface area (Å²) in [7, 11) is -2.18. The van der Waals surface area contributed by atoms with Crippen LogP contribution in [0.3, 0.4) is 0 Å². The summed E-state index contributed by atoms with van der Waals surface area (Å²) in [6.45, 7) is 0. The van der Waals surface area contributed by atoms with E-state index in [9.17, 15) is 18.0 Å². The molecule has 3 N–H and O–H groups in total. The molecule has 2 amide bonds. The molecule has 2 atom stereocenters. The van der Waals surface area contributed by atoms with Gasteiger partial charge in [-0.25, -0.2) is 9.78 Å². The van der Waals surface area contributed by atoms with Crippen LogP contribution in [0, 0.1) is 0 Å². The number of nitrogens with one attached hydrogen (secondary N) is 3. The summed E-state index contributed by atoms with van der Waals surface area (Å²) in [6, 6.07) is 18.9. The minimum atomic E-state index is -3.43. The molecule has 2 aromatic carbocycles. The number of halogens is 1. The van der Waals surface area contributed by atoms with E-state index in [1.807, 2.05) is 53.2 Å². The molecule has 4 aromatic rings. The molecule has 0 fully saturated rings. The first kappa shape index (κ1) is 29.0. The second kappa shape index (κ2) is 13.4. The van der Waals surface area contributed by atoms with Crippen molar-refractivity contribution in [3.8, 4) is 9.88 Å². The number of carbonyl (C=O) groups excluding carboxylic acids is 2. The summed E-state index contributed by atoms with van der Waals surface area (Å²) in [5.41, 5.74) is 2.87. The van der Waals surface area contributed by atoms with E-state index < -0.39 is 25.4 Å². The van der Waals surface area contributed by atoms with Gasteiger partial charge in [-0.3, -0.25) is 9.52 Å². The van der Waals surface area contributed by atoms with Gasteiger partial charge in [-0.15, -0.1) is 22.7 Å². The molecule has 2 heterocycles. The summed E-state index contributed by atoms with van der Waals surface area (Å²) in [4.78, 5) is 31.4. The van der Waals surface area contributed by atoms with Crippen LogP contribution >= 0.6 is 43.9 Å². The number of anilines is 1. The number of alkyl carbamates (subject to hydrolysis) is 1. The van der Waals surface area contributed by atoms with Crippen LogP contribution in [0.2, 0.25) is 0 Å². The predicted molar refractivity (Wildman–Crippen MR) is 162 cm³/mol. The van der Waals surface area contributed by atoms with E-state index in [2.05, 4.69) is 15.4 Å². The lowest BCUT2D eigenvalue weighted by Crippen LogP contribution is -2.49. The number of benzene rings is 2. The van der Waals surface area contributed by atoms with Gasteiger partial charge in [-0.1, -0.05) is 48.5 Å². The fourth-order valence-electron chi connectivity index (χ4n) is 3.81. The minimum absolute atomic E-state index is 0.275. The average Bonchev–Trinajstić information content (AvgIpc) is 3.61. The standard InChI is InChI=1S/C26H25IN4O5S3/c1-36-26(33)30-21(15-17-6-3-2-4-7-17)24(32)28-20(22-16-38-25(29-22)23-8-5-13-37-23)14-18-9-11-19(12-10-18)31-39(27,34)35/h2-13,16,20-21,31H,14-15H2,1H3,(H,28,32)(H,30,33). The van der Waals surface area contributed by atoms with Crippen molar-refractivity contribution in [2.45, 2.75) is 24.9 Å². The third-order valence-corrected chi connectivity index (χ3v) is 8.68. The second-order valence-electron chi connectivity index (χ2n) is 8.44. The zero-order chi connectivity index (χ0) is 27.8. The van der Waals surface area contributed by atoms with Crippen LogP contribution in [0.1, 0.15) is 22.9 Å². The number of nitrogens with zero attached hydrogens (tertiary/aromatic N) is 1. The lowest BCUT2D eigenvalue weighted by Gasteiger charge is -2.23. The van der Waals surface area contributed by atoms with Gasteiger partial charge in [0.05, 0.1) is 44.9 Å². The van der Waals surface area contributed by atoms with Crippen LogP contribution in [-0.2, 0) is 29.6 Å². The van der Waals surface area contributed by atoms with E-state index in [1.54, 1.807) is 35.6 Å². The molecule has 0 bridgehead atoms. The first-order chi connectivity index (χ1) is 18.7. The molecule has 9 nitrogen and oxygen atoms in total. The van der Waals surface area contributed by atoms with E-state index in [1.165, 1.54) is 39.7 Å². The fourth-order valence-corrected chi connectivity index (χ4v) is 6.68. The molecule has 0 spiro atoms. The lowest BCUT2D eigenvalue weighted by atomic mass is 10.0. The van der Waals surface area contributed by atoms with Crippen molar-refractivity contribution >= 4 is 68.8 Å². The number of carbonyl (C=O) groups is 2. The van der Waals surface area contributed by atoms with E-state index >= 15 is 0 Å². The highest BCUT2D eigenvalue weighted by atomic mass is 127. The van der Waals surface area contributed by atoms with E-state index in [-0.39, 0.29) is 12.3 Å². The molecule has 0 aliphatic carbocycles. The van der Waals surface area contributed by atoms with Gasteiger partial charge in [0.2, 0.25) is 5.91 Å². The van der Waals surface area contributed by atoms with E-state index in [4.69, 9.17) is 9.72 Å². The summed E-state index contributed by atoms with van der Waals surface area (Å²) >= 11 is 4.40. The first-order valence-electron chi connectivity index (χ1n) is 11.7. The van der Waals surface area contributed by atoms with Gasteiger partial charge >= 0.3 is 6.09 Å². The molecule has 0 radical (unpaired) electrons. The van der Waals surface area contributed by atoms with Crippen LogP contribution in [-0.4, -0.2) is 38.6 Å². The highest BCUT2D eigenvalue weighted by Gasteiger charge is 2.26. The van der Waals surface area contributed by atoms with Crippen molar-refractivity contribution in [1.29, 1.82) is 0 Å². The number of hydrogen-bond donors (Lipinski definition) is 3. The lowest BCUT2D eigenvalue weighted by molar-refractivity contribution is -0.123. The van der Waals surface area contributed by atoms with Gasteiger partial charge in [-0.2, -0.15) is 8.42 Å². The zero-order valence-corrected chi connectivity index (χ0v) is 25.3. The second-order valence-corrected chi connectivity index (χ2v) is 14.8. The van der Waals surface area contributed by atoms with Gasteiger partial charge in [0.25, 0.3) is 7.19 Å². The number of rotatable bonds is 11. The van der Waals surface area contributed by atoms with Crippen LogP contribution < -0.4 is 15.4 Å². The summed E-state index contributed by atoms with van der Waals surface area (Å²) < 4.78 is 30.3. The Morgan fingerprint density at radius 3 is 2.31 bits per heavy atom. The Balaban J connectivity index is 1.59. The van der Waals surface area contributed by atoms with Crippen molar-refractivity contribution in [3.05, 3.63) is 94.3 Å². The van der Waals surface area contributed by atoms with Gasteiger partial charge in [0.1, 0.15) is 11.0 Å². The molecular weight excluding hydrogens is 671 g/mol. The topological polar surface area (TPSA) is 126 Å². The number of ether oxygens (including phenoxy) is 1. The van der Waals surface area contributed by atoms with Crippen molar-refractivity contribution in [2.75, 3.05) is 11.8 Å². The Morgan fingerprint density at radius 2 is 1.67 bits per heavy atom. The Morgan fingerprint density at radius 1 is 0.949 bits per heavy atom. The Hall–Kier alpha value is -3.01. The normalized spacial score (nSPS) is 12.8. The summed E-state index contributed by atoms with van der Waals surface area (Å²) in [5, 5.41) is 10.4. The van der Waals surface area contributed by atoms with Gasteiger partial charge in [-0.05, 0) is 41.1 Å². The molecule has 0 saturated heterocycles. The highest BCUT2D eigenvalue weighted by Crippen LogP contribution is 2.31. The largest absolute Gasteiger partial charge is 0.453 e. The fraction of sp³-hybridized carbons (Fsp3) is 0.192. The number of thiazole rings is 1. The highest BCUT2D eigenvalue weighted by molar-refractivity contribution is 14.2. The summed E-state index contributed by atoms with van der Waals surface area (Å²) in [6.07, 6.45) is -0.0334. The maximum Gasteiger partial charge on any atom is 0.407 e. The van der Waals surface area contributed by atoms with Crippen molar-refractivity contribution in [3.63, 3.8) is 0 Å². The molecule has 2 unspecified atom stereocenters. The van der Waals surface area contributed by atoms with Gasteiger partial charge < -0.3 is 15.4 Å². The maximum atomic E-state index is 13.5. The van der Waals surface area contributed by atoms with Gasteiger partial charge in [0.15, 0.2) is 0 Å². The van der Waals surface area contributed by atoms with Crippen molar-refractivity contribution < 1.29 is 22.7 Å². The first-order valence-corrected chi connectivity index (χ1v) is 17.5. The molecule has 0 aliphatic heterocycles. The van der Waals surface area contributed by atoms with E-state index in [0.717, 1.165) is 21.0 Å².